The van der Waals surface area contributed by atoms with Gasteiger partial charge in [0, 0.05) is 29.2 Å². The van der Waals surface area contributed by atoms with Crippen LogP contribution in [0.5, 0.6) is 0 Å². The molecule has 0 radical (unpaired) electrons. The summed E-state index contributed by atoms with van der Waals surface area (Å²) in [4.78, 5) is 21.4. The number of aromatic nitrogens is 3. The van der Waals surface area contributed by atoms with Crippen LogP contribution in [0.25, 0.3) is 11.2 Å². The summed E-state index contributed by atoms with van der Waals surface area (Å²) >= 11 is 0. The molecule has 3 heterocycles. The first-order valence-corrected chi connectivity index (χ1v) is 8.47. The molecule has 6 nitrogen and oxygen atoms in total. The van der Waals surface area contributed by atoms with Gasteiger partial charge in [0.1, 0.15) is 11.9 Å². The van der Waals surface area contributed by atoms with Crippen LogP contribution in [0.15, 0.2) is 41.3 Å². The number of carbonyl (C=O) groups excluding carboxylic acids is 1. The predicted octanol–water partition coefficient (Wildman–Crippen LogP) is 3.31. The molecule has 128 valence electrons. The zero-order chi connectivity index (χ0) is 17.4. The normalized spacial score (nSPS) is 17.5. The highest BCUT2D eigenvalue weighted by molar-refractivity contribution is 6.00. The Morgan fingerprint density at radius 2 is 2.28 bits per heavy atom. The van der Waals surface area contributed by atoms with Crippen molar-refractivity contribution in [3.05, 3.63) is 59.7 Å². The SMILES string of the molecule is Cc1cc(C)n2ccc(C(=O)NC3CC=C(c4ncco4)CC3)c2n1. The lowest BCUT2D eigenvalue weighted by molar-refractivity contribution is 0.0936. The molecule has 3 aromatic rings. The summed E-state index contributed by atoms with van der Waals surface area (Å²) in [7, 11) is 0. The third kappa shape index (κ3) is 2.95. The van der Waals surface area contributed by atoms with Crippen LogP contribution >= 0.6 is 0 Å². The minimum atomic E-state index is -0.0713. The van der Waals surface area contributed by atoms with Crippen molar-refractivity contribution < 1.29 is 9.21 Å². The third-order valence-corrected chi connectivity index (χ3v) is 4.64. The van der Waals surface area contributed by atoms with Crippen molar-refractivity contribution in [2.45, 2.75) is 39.2 Å². The minimum Gasteiger partial charge on any atom is -0.445 e. The Bertz CT molecular complexity index is 953. The van der Waals surface area contributed by atoms with E-state index >= 15 is 0 Å². The molecule has 0 aliphatic heterocycles. The first-order chi connectivity index (χ1) is 12.1. The number of hydrogen-bond donors (Lipinski definition) is 1. The quantitative estimate of drug-likeness (QED) is 0.796. The average Bonchev–Trinajstić information content (AvgIpc) is 3.25. The van der Waals surface area contributed by atoms with Gasteiger partial charge in [-0.2, -0.15) is 0 Å². The Morgan fingerprint density at radius 1 is 1.40 bits per heavy atom. The van der Waals surface area contributed by atoms with E-state index in [1.54, 1.807) is 12.5 Å². The molecule has 6 heteroatoms. The van der Waals surface area contributed by atoms with Gasteiger partial charge >= 0.3 is 0 Å². The Labute approximate surface area is 145 Å². The van der Waals surface area contributed by atoms with Gasteiger partial charge in [-0.05, 0) is 45.2 Å². The Hall–Kier alpha value is -2.89. The van der Waals surface area contributed by atoms with Crippen molar-refractivity contribution in [1.29, 1.82) is 0 Å². The number of allylic oxidation sites excluding steroid dienone is 1. The molecule has 0 aromatic carbocycles. The molecule has 0 saturated carbocycles. The minimum absolute atomic E-state index is 0.0713. The molecule has 0 bridgehead atoms. The maximum absolute atomic E-state index is 12.7. The van der Waals surface area contributed by atoms with Crippen LogP contribution in [-0.4, -0.2) is 26.3 Å². The van der Waals surface area contributed by atoms with Crippen molar-refractivity contribution in [1.82, 2.24) is 19.7 Å². The summed E-state index contributed by atoms with van der Waals surface area (Å²) in [5.74, 6) is 0.608. The third-order valence-electron chi connectivity index (χ3n) is 4.64. The van der Waals surface area contributed by atoms with Crippen LogP contribution in [0.4, 0.5) is 0 Å². The summed E-state index contributed by atoms with van der Waals surface area (Å²) in [6.45, 7) is 3.96. The molecular weight excluding hydrogens is 316 g/mol. The largest absolute Gasteiger partial charge is 0.445 e. The number of rotatable bonds is 3. The number of aryl methyl sites for hydroxylation is 2. The maximum Gasteiger partial charge on any atom is 0.255 e. The van der Waals surface area contributed by atoms with Gasteiger partial charge in [0.2, 0.25) is 5.89 Å². The highest BCUT2D eigenvalue weighted by Crippen LogP contribution is 2.26. The van der Waals surface area contributed by atoms with Gasteiger partial charge in [-0.3, -0.25) is 4.79 Å². The van der Waals surface area contributed by atoms with E-state index in [0.717, 1.165) is 36.2 Å². The van der Waals surface area contributed by atoms with Crippen molar-refractivity contribution in [3.63, 3.8) is 0 Å². The van der Waals surface area contributed by atoms with Gasteiger partial charge in [0.25, 0.3) is 5.91 Å². The van der Waals surface area contributed by atoms with Crippen LogP contribution in [0.3, 0.4) is 0 Å². The van der Waals surface area contributed by atoms with E-state index in [1.807, 2.05) is 36.6 Å². The summed E-state index contributed by atoms with van der Waals surface area (Å²) in [6, 6.07) is 3.96. The second kappa shape index (κ2) is 6.20. The van der Waals surface area contributed by atoms with Crippen molar-refractivity contribution in [2.75, 3.05) is 0 Å². The molecule has 4 rings (SSSR count). The standard InChI is InChI=1S/C19H20N4O2/c1-12-11-13(2)23-9-7-16(17(23)21-12)18(24)22-15-5-3-14(4-6-15)19-20-8-10-25-19/h3,7-11,15H,4-6H2,1-2H3,(H,22,24). The van der Waals surface area contributed by atoms with E-state index in [-0.39, 0.29) is 11.9 Å². The molecule has 1 N–H and O–H groups in total. The van der Waals surface area contributed by atoms with Gasteiger partial charge in [0.15, 0.2) is 0 Å². The summed E-state index contributed by atoms with van der Waals surface area (Å²) in [5.41, 5.74) is 4.42. The first kappa shape index (κ1) is 15.6. The van der Waals surface area contributed by atoms with Crippen molar-refractivity contribution >= 4 is 17.1 Å². The van der Waals surface area contributed by atoms with Gasteiger partial charge in [-0.15, -0.1) is 0 Å². The number of fused-ring (bicyclic) bond motifs is 1. The molecule has 0 saturated heterocycles. The molecule has 3 aromatic heterocycles. The van der Waals surface area contributed by atoms with Crippen LogP contribution in [0, 0.1) is 13.8 Å². The van der Waals surface area contributed by atoms with Gasteiger partial charge < -0.3 is 14.1 Å². The molecule has 25 heavy (non-hydrogen) atoms. The lowest BCUT2D eigenvalue weighted by atomic mass is 9.95. The van der Waals surface area contributed by atoms with E-state index in [9.17, 15) is 4.79 Å². The second-order valence-corrected chi connectivity index (χ2v) is 6.47. The number of carbonyl (C=O) groups is 1. The molecule has 1 unspecified atom stereocenters. The predicted molar refractivity (Wildman–Crippen MR) is 94.3 cm³/mol. The molecule has 1 amide bonds. The number of nitrogens with one attached hydrogen (secondary N) is 1. The van der Waals surface area contributed by atoms with E-state index in [2.05, 4.69) is 21.4 Å². The Kier molecular flexibility index (Phi) is 3.87. The zero-order valence-corrected chi connectivity index (χ0v) is 14.3. The Morgan fingerprint density at radius 3 is 3.00 bits per heavy atom. The maximum atomic E-state index is 12.7. The van der Waals surface area contributed by atoms with Crippen molar-refractivity contribution in [2.24, 2.45) is 0 Å². The first-order valence-electron chi connectivity index (χ1n) is 8.47. The lowest BCUT2D eigenvalue weighted by Gasteiger charge is -2.21. The summed E-state index contributed by atoms with van der Waals surface area (Å²) in [6.07, 6.45) is 9.73. The lowest BCUT2D eigenvalue weighted by Crippen LogP contribution is -2.35. The zero-order valence-electron chi connectivity index (χ0n) is 14.3. The van der Waals surface area contributed by atoms with Gasteiger partial charge in [0.05, 0.1) is 11.8 Å². The fourth-order valence-corrected chi connectivity index (χ4v) is 3.38. The van der Waals surface area contributed by atoms with Crippen LogP contribution < -0.4 is 5.32 Å². The summed E-state index contributed by atoms with van der Waals surface area (Å²) in [5, 5.41) is 3.13. The van der Waals surface area contributed by atoms with E-state index in [0.29, 0.717) is 17.1 Å². The number of amides is 1. The highest BCUT2D eigenvalue weighted by Gasteiger charge is 2.21. The molecule has 1 aliphatic carbocycles. The molecule has 0 fully saturated rings. The monoisotopic (exact) mass is 336 g/mol. The van der Waals surface area contributed by atoms with Crippen LogP contribution in [-0.2, 0) is 0 Å². The van der Waals surface area contributed by atoms with Gasteiger partial charge in [-0.25, -0.2) is 9.97 Å². The topological polar surface area (TPSA) is 72.4 Å². The molecule has 0 spiro atoms. The smallest absolute Gasteiger partial charge is 0.255 e. The molecular formula is C19H20N4O2. The highest BCUT2D eigenvalue weighted by atomic mass is 16.3. The van der Waals surface area contributed by atoms with E-state index in [4.69, 9.17) is 4.42 Å². The van der Waals surface area contributed by atoms with E-state index < -0.39 is 0 Å². The van der Waals surface area contributed by atoms with Gasteiger partial charge in [-0.1, -0.05) is 6.08 Å². The second-order valence-electron chi connectivity index (χ2n) is 6.47. The average molecular weight is 336 g/mol. The fourth-order valence-electron chi connectivity index (χ4n) is 3.38. The number of hydrogen-bond acceptors (Lipinski definition) is 4. The molecule has 1 aliphatic rings. The molecule has 1 atom stereocenters. The van der Waals surface area contributed by atoms with Crippen LogP contribution in [0.1, 0.15) is 46.9 Å². The fraction of sp³-hybridized carbons (Fsp3) is 0.316. The number of oxazole rings is 1. The summed E-state index contributed by atoms with van der Waals surface area (Å²) < 4.78 is 7.29. The van der Waals surface area contributed by atoms with Crippen molar-refractivity contribution in [3.8, 4) is 0 Å². The van der Waals surface area contributed by atoms with Crippen LogP contribution in [0.2, 0.25) is 0 Å². The Balaban J connectivity index is 1.50. The number of nitrogens with zero attached hydrogens (tertiary/aromatic N) is 3. The van der Waals surface area contributed by atoms with E-state index in [1.165, 1.54) is 0 Å².